The van der Waals surface area contributed by atoms with E-state index in [0.717, 1.165) is 17.2 Å². The Kier molecular flexibility index (Phi) is 3.13. The van der Waals surface area contributed by atoms with Gasteiger partial charge >= 0.3 is 0 Å². The van der Waals surface area contributed by atoms with Crippen LogP contribution in [0.5, 0.6) is 0 Å². The zero-order chi connectivity index (χ0) is 13.2. The van der Waals surface area contributed by atoms with Crippen molar-refractivity contribution in [2.45, 2.75) is 25.4 Å². The maximum absolute atomic E-state index is 9.19. The highest BCUT2D eigenvalue weighted by molar-refractivity contribution is 5.88. The van der Waals surface area contributed by atoms with Gasteiger partial charge in [0.1, 0.15) is 11.5 Å². The van der Waals surface area contributed by atoms with Gasteiger partial charge in [-0.3, -0.25) is 5.32 Å². The summed E-state index contributed by atoms with van der Waals surface area (Å²) < 4.78 is 10.9. The van der Waals surface area contributed by atoms with E-state index in [1.165, 1.54) is 0 Å². The SMILES string of the molecule is C[C@@H]1/C(=N\O)C[C@H](c2ccco2)N[C@@H]1c1ccco1. The highest BCUT2D eigenvalue weighted by atomic mass is 16.4. The second-order valence-electron chi connectivity index (χ2n) is 4.81. The van der Waals surface area contributed by atoms with Gasteiger partial charge in [-0.2, -0.15) is 0 Å². The fourth-order valence-electron chi connectivity index (χ4n) is 2.61. The molecule has 2 aromatic rings. The molecule has 1 saturated heterocycles. The molecule has 2 aromatic heterocycles. The molecule has 19 heavy (non-hydrogen) atoms. The van der Waals surface area contributed by atoms with Crippen LogP contribution >= 0.6 is 0 Å². The Morgan fingerprint density at radius 3 is 2.47 bits per heavy atom. The van der Waals surface area contributed by atoms with Crippen molar-refractivity contribution in [3.05, 3.63) is 48.3 Å². The summed E-state index contributed by atoms with van der Waals surface area (Å²) >= 11 is 0. The summed E-state index contributed by atoms with van der Waals surface area (Å²) in [5.41, 5.74) is 0.751. The first-order valence-electron chi connectivity index (χ1n) is 6.33. The van der Waals surface area contributed by atoms with E-state index in [1.54, 1.807) is 12.5 Å². The normalized spacial score (nSPS) is 29.7. The lowest BCUT2D eigenvalue weighted by molar-refractivity contribution is 0.267. The molecule has 5 heteroatoms. The van der Waals surface area contributed by atoms with E-state index in [2.05, 4.69) is 10.5 Å². The highest BCUT2D eigenvalue weighted by Gasteiger charge is 2.36. The molecule has 0 saturated carbocycles. The molecule has 0 aliphatic carbocycles. The quantitative estimate of drug-likeness (QED) is 0.643. The minimum absolute atomic E-state index is 0.00722. The van der Waals surface area contributed by atoms with E-state index in [9.17, 15) is 5.21 Å². The molecule has 1 aliphatic heterocycles. The number of hydrogen-bond donors (Lipinski definition) is 2. The van der Waals surface area contributed by atoms with Crippen LogP contribution in [0.15, 0.2) is 50.8 Å². The van der Waals surface area contributed by atoms with Gasteiger partial charge < -0.3 is 14.0 Å². The Morgan fingerprint density at radius 2 is 1.89 bits per heavy atom. The Hall–Kier alpha value is -2.01. The van der Waals surface area contributed by atoms with E-state index < -0.39 is 0 Å². The van der Waals surface area contributed by atoms with Gasteiger partial charge in [0.15, 0.2) is 0 Å². The topological polar surface area (TPSA) is 70.9 Å². The van der Waals surface area contributed by atoms with Crippen molar-refractivity contribution in [3.8, 4) is 0 Å². The van der Waals surface area contributed by atoms with Crippen LogP contribution in [0.4, 0.5) is 0 Å². The van der Waals surface area contributed by atoms with E-state index in [4.69, 9.17) is 8.83 Å². The van der Waals surface area contributed by atoms with Crippen LogP contribution in [0.3, 0.4) is 0 Å². The first-order valence-corrected chi connectivity index (χ1v) is 6.33. The van der Waals surface area contributed by atoms with Crippen LogP contribution in [0.25, 0.3) is 0 Å². The Morgan fingerprint density at radius 1 is 1.21 bits per heavy atom. The average Bonchev–Trinajstić information content (AvgIpc) is 3.12. The van der Waals surface area contributed by atoms with Gasteiger partial charge in [0.05, 0.1) is 30.3 Å². The highest BCUT2D eigenvalue weighted by Crippen LogP contribution is 2.35. The third-order valence-electron chi connectivity index (χ3n) is 3.68. The first kappa shape index (κ1) is 12.0. The summed E-state index contributed by atoms with van der Waals surface area (Å²) in [7, 11) is 0. The molecule has 3 heterocycles. The smallest absolute Gasteiger partial charge is 0.121 e. The molecule has 3 atom stereocenters. The van der Waals surface area contributed by atoms with Gasteiger partial charge in [-0.25, -0.2) is 0 Å². The second-order valence-corrected chi connectivity index (χ2v) is 4.81. The van der Waals surface area contributed by atoms with Crippen molar-refractivity contribution in [1.29, 1.82) is 0 Å². The van der Waals surface area contributed by atoms with Crippen LogP contribution in [-0.4, -0.2) is 10.9 Å². The molecule has 0 amide bonds. The largest absolute Gasteiger partial charge is 0.468 e. The predicted octanol–water partition coefficient (Wildman–Crippen LogP) is 3.11. The van der Waals surface area contributed by atoms with Gasteiger partial charge in [0, 0.05) is 12.3 Å². The lowest BCUT2D eigenvalue weighted by Crippen LogP contribution is -2.41. The number of hydrogen-bond acceptors (Lipinski definition) is 5. The first-order chi connectivity index (χ1) is 9.29. The van der Waals surface area contributed by atoms with Crippen molar-refractivity contribution in [3.63, 3.8) is 0 Å². The summed E-state index contributed by atoms with van der Waals surface area (Å²) in [5, 5.41) is 16.1. The van der Waals surface area contributed by atoms with Crippen LogP contribution in [0, 0.1) is 5.92 Å². The molecule has 0 radical (unpaired) electrons. The van der Waals surface area contributed by atoms with Gasteiger partial charge in [0.25, 0.3) is 0 Å². The molecule has 0 unspecified atom stereocenters. The van der Waals surface area contributed by atoms with Crippen molar-refractivity contribution in [2.75, 3.05) is 0 Å². The number of nitrogens with one attached hydrogen (secondary N) is 1. The predicted molar refractivity (Wildman–Crippen MR) is 69.0 cm³/mol. The second kappa shape index (κ2) is 4.93. The summed E-state index contributed by atoms with van der Waals surface area (Å²) in [6, 6.07) is 7.52. The number of rotatable bonds is 2. The molecule has 100 valence electrons. The molecule has 1 fully saturated rings. The van der Waals surface area contributed by atoms with Crippen molar-refractivity contribution in [2.24, 2.45) is 11.1 Å². The fourth-order valence-corrected chi connectivity index (χ4v) is 2.61. The van der Waals surface area contributed by atoms with Crippen LogP contribution in [0.1, 0.15) is 36.9 Å². The summed E-state index contributed by atoms with van der Waals surface area (Å²) in [6.07, 6.45) is 3.92. The van der Waals surface area contributed by atoms with E-state index in [-0.39, 0.29) is 18.0 Å². The minimum atomic E-state index is -0.0234. The Bertz CT molecular complexity index is 545. The average molecular weight is 260 g/mol. The molecule has 1 aliphatic rings. The van der Waals surface area contributed by atoms with Crippen molar-refractivity contribution >= 4 is 5.71 Å². The zero-order valence-corrected chi connectivity index (χ0v) is 10.6. The Balaban J connectivity index is 1.91. The van der Waals surface area contributed by atoms with E-state index >= 15 is 0 Å². The maximum Gasteiger partial charge on any atom is 0.121 e. The molecule has 0 spiro atoms. The van der Waals surface area contributed by atoms with Crippen molar-refractivity contribution in [1.82, 2.24) is 5.32 Å². The summed E-state index contributed by atoms with van der Waals surface area (Å²) in [5.74, 6) is 1.75. The lowest BCUT2D eigenvalue weighted by atomic mass is 9.85. The monoisotopic (exact) mass is 260 g/mol. The fraction of sp³-hybridized carbons (Fsp3) is 0.357. The number of piperidine rings is 1. The van der Waals surface area contributed by atoms with Gasteiger partial charge in [-0.15, -0.1) is 0 Å². The lowest BCUT2D eigenvalue weighted by Gasteiger charge is -2.34. The number of oxime groups is 1. The third-order valence-corrected chi connectivity index (χ3v) is 3.68. The molecule has 5 nitrogen and oxygen atoms in total. The number of nitrogens with zero attached hydrogens (tertiary/aromatic N) is 1. The van der Waals surface area contributed by atoms with Gasteiger partial charge in [0.2, 0.25) is 0 Å². The van der Waals surface area contributed by atoms with E-state index in [1.807, 2.05) is 31.2 Å². The maximum atomic E-state index is 9.19. The number of furan rings is 2. The summed E-state index contributed by atoms with van der Waals surface area (Å²) in [6.45, 7) is 2.02. The molecular weight excluding hydrogens is 244 g/mol. The Labute approximate surface area is 110 Å². The molecular formula is C14H16N2O3. The molecule has 0 aromatic carbocycles. The molecule has 3 rings (SSSR count). The van der Waals surface area contributed by atoms with Crippen LogP contribution < -0.4 is 5.32 Å². The minimum Gasteiger partial charge on any atom is -0.468 e. The zero-order valence-electron chi connectivity index (χ0n) is 10.6. The molecule has 2 N–H and O–H groups in total. The van der Waals surface area contributed by atoms with Crippen LogP contribution in [-0.2, 0) is 0 Å². The van der Waals surface area contributed by atoms with Crippen LogP contribution in [0.2, 0.25) is 0 Å². The third kappa shape index (κ3) is 2.17. The van der Waals surface area contributed by atoms with Gasteiger partial charge in [-0.05, 0) is 24.3 Å². The molecule has 0 bridgehead atoms. The summed E-state index contributed by atoms with van der Waals surface area (Å²) in [4.78, 5) is 0. The van der Waals surface area contributed by atoms with Gasteiger partial charge in [-0.1, -0.05) is 12.1 Å². The standard InChI is InChI=1S/C14H16N2O3/c1-9-10(16-17)8-11(12-4-2-6-18-12)15-14(9)13-5-3-7-19-13/h2-7,9,11,14-15,17H,8H2,1H3/b16-10-/t9-,11-,14+/m1/s1. The van der Waals surface area contributed by atoms with Crippen molar-refractivity contribution < 1.29 is 14.0 Å². The van der Waals surface area contributed by atoms with E-state index in [0.29, 0.717) is 6.42 Å².